The number of carboxylic acid groups (broad SMARTS) is 1. The van der Waals surface area contributed by atoms with Gasteiger partial charge in [0, 0.05) is 32.7 Å². The number of rotatable bonds is 7. The number of alkyl carbamates (subject to hydrolysis) is 1. The molecule has 1 rings (SSSR count). The van der Waals surface area contributed by atoms with Gasteiger partial charge in [0.2, 0.25) is 10.0 Å². The molecule has 1 fully saturated rings. The molecule has 0 radical (unpaired) electrons. The summed E-state index contributed by atoms with van der Waals surface area (Å²) in [6.07, 6.45) is -0.136. The number of nitrogens with zero attached hydrogens (tertiary/aromatic N) is 2. The highest BCUT2D eigenvalue weighted by Gasteiger charge is 2.33. The third-order valence-electron chi connectivity index (χ3n) is 3.69. The average molecular weight is 379 g/mol. The molecule has 0 spiro atoms. The van der Waals surface area contributed by atoms with E-state index in [-0.39, 0.29) is 25.4 Å². The Morgan fingerprint density at radius 1 is 1.20 bits per heavy atom. The summed E-state index contributed by atoms with van der Waals surface area (Å²) in [4.78, 5) is 24.9. The van der Waals surface area contributed by atoms with Crippen molar-refractivity contribution in [2.45, 2.75) is 45.8 Å². The second-order valence-corrected chi connectivity index (χ2v) is 9.08. The third-order valence-corrected chi connectivity index (χ3v) is 5.77. The van der Waals surface area contributed by atoms with Gasteiger partial charge < -0.3 is 15.2 Å². The zero-order valence-electron chi connectivity index (χ0n) is 15.3. The molecule has 1 saturated heterocycles. The number of ether oxygens (including phenoxy) is 1. The second kappa shape index (κ2) is 8.81. The molecule has 0 aromatic heterocycles. The highest BCUT2D eigenvalue weighted by atomic mass is 32.2. The van der Waals surface area contributed by atoms with Gasteiger partial charge in [-0.3, -0.25) is 9.69 Å². The number of carbonyl (C=O) groups is 2. The maximum Gasteiger partial charge on any atom is 0.407 e. The van der Waals surface area contributed by atoms with E-state index in [2.05, 4.69) is 5.32 Å². The first-order valence-electron chi connectivity index (χ1n) is 8.38. The van der Waals surface area contributed by atoms with Crippen LogP contribution in [0.25, 0.3) is 0 Å². The smallest absolute Gasteiger partial charge is 0.407 e. The molecule has 0 aromatic carbocycles. The van der Waals surface area contributed by atoms with Gasteiger partial charge in [0.25, 0.3) is 0 Å². The van der Waals surface area contributed by atoms with E-state index >= 15 is 0 Å². The maximum absolute atomic E-state index is 12.1. The molecule has 2 N–H and O–H groups in total. The number of hydrogen-bond acceptors (Lipinski definition) is 6. The highest BCUT2D eigenvalue weighted by molar-refractivity contribution is 7.89. The van der Waals surface area contributed by atoms with Crippen molar-refractivity contribution in [3.8, 4) is 0 Å². The Kier molecular flexibility index (Phi) is 7.63. The molecule has 0 unspecified atom stereocenters. The van der Waals surface area contributed by atoms with Crippen LogP contribution in [-0.4, -0.2) is 84.9 Å². The van der Waals surface area contributed by atoms with Crippen LogP contribution in [0, 0.1) is 0 Å². The van der Waals surface area contributed by atoms with Crippen molar-refractivity contribution in [2.24, 2.45) is 0 Å². The van der Waals surface area contributed by atoms with Crippen molar-refractivity contribution >= 4 is 22.1 Å². The van der Waals surface area contributed by atoms with Crippen LogP contribution in [-0.2, 0) is 19.6 Å². The third kappa shape index (κ3) is 7.17. The van der Waals surface area contributed by atoms with Gasteiger partial charge >= 0.3 is 12.1 Å². The molecule has 0 bridgehead atoms. The van der Waals surface area contributed by atoms with Crippen LogP contribution in [0.1, 0.15) is 34.1 Å². The molecule has 1 amide bonds. The number of piperazine rings is 1. The number of hydrogen-bond donors (Lipinski definition) is 2. The number of amides is 1. The Morgan fingerprint density at radius 3 is 2.20 bits per heavy atom. The van der Waals surface area contributed by atoms with Crippen LogP contribution in [0.3, 0.4) is 0 Å². The first-order chi connectivity index (χ1) is 11.5. The Bertz CT molecular complexity index is 564. The van der Waals surface area contributed by atoms with E-state index in [1.54, 1.807) is 32.6 Å². The van der Waals surface area contributed by atoms with Crippen LogP contribution >= 0.6 is 0 Å². The monoisotopic (exact) mass is 379 g/mol. The zero-order chi connectivity index (χ0) is 19.3. The Morgan fingerprint density at radius 2 is 1.76 bits per heavy atom. The van der Waals surface area contributed by atoms with Crippen LogP contribution in [0.4, 0.5) is 4.79 Å². The molecule has 1 heterocycles. The summed E-state index contributed by atoms with van der Waals surface area (Å²) in [6, 6.07) is -0.927. The summed E-state index contributed by atoms with van der Waals surface area (Å²) >= 11 is 0. The topological polar surface area (TPSA) is 116 Å². The fourth-order valence-corrected chi connectivity index (χ4v) is 4.04. The molecule has 0 saturated carbocycles. The van der Waals surface area contributed by atoms with Gasteiger partial charge in [-0.25, -0.2) is 13.2 Å². The van der Waals surface area contributed by atoms with Crippen LogP contribution in [0.15, 0.2) is 0 Å². The molecule has 1 atom stereocenters. The van der Waals surface area contributed by atoms with Gasteiger partial charge in [0.1, 0.15) is 11.6 Å². The molecular weight excluding hydrogens is 350 g/mol. The Hall–Kier alpha value is -1.39. The predicted octanol–water partition coefficient (Wildman–Crippen LogP) is 0.322. The molecule has 146 valence electrons. The minimum atomic E-state index is -3.28. The highest BCUT2D eigenvalue weighted by Crippen LogP contribution is 2.12. The fraction of sp³-hybridized carbons (Fsp3) is 0.867. The number of carbonyl (C=O) groups excluding carboxylic acids is 1. The van der Waals surface area contributed by atoms with Crippen molar-refractivity contribution in [3.63, 3.8) is 0 Å². The molecule has 10 heteroatoms. The van der Waals surface area contributed by atoms with E-state index in [4.69, 9.17) is 4.74 Å². The first-order valence-corrected chi connectivity index (χ1v) is 9.98. The number of nitrogens with one attached hydrogen (secondary N) is 1. The lowest BCUT2D eigenvalue weighted by Gasteiger charge is -2.37. The molecule has 1 aliphatic rings. The van der Waals surface area contributed by atoms with Gasteiger partial charge in [-0.1, -0.05) is 6.92 Å². The second-order valence-electron chi connectivity index (χ2n) is 6.99. The van der Waals surface area contributed by atoms with E-state index in [9.17, 15) is 23.1 Å². The summed E-state index contributed by atoms with van der Waals surface area (Å²) < 4.78 is 30.6. The van der Waals surface area contributed by atoms with Crippen molar-refractivity contribution in [1.82, 2.24) is 14.5 Å². The fourth-order valence-electron chi connectivity index (χ4n) is 2.55. The number of carboxylic acids is 1. The van der Waals surface area contributed by atoms with Gasteiger partial charge in [-0.05, 0) is 27.2 Å². The Labute approximate surface area is 149 Å². The van der Waals surface area contributed by atoms with Crippen molar-refractivity contribution in [1.29, 1.82) is 0 Å². The lowest BCUT2D eigenvalue weighted by Crippen LogP contribution is -2.57. The van der Waals surface area contributed by atoms with E-state index in [1.165, 1.54) is 4.31 Å². The first kappa shape index (κ1) is 21.7. The maximum atomic E-state index is 12.1. The van der Waals surface area contributed by atoms with E-state index in [0.29, 0.717) is 19.5 Å². The predicted molar refractivity (Wildman–Crippen MR) is 92.9 cm³/mol. The van der Waals surface area contributed by atoms with Crippen LogP contribution in [0.2, 0.25) is 0 Å². The Balaban J connectivity index is 2.59. The number of aliphatic carboxylic acids is 1. The molecule has 1 aliphatic heterocycles. The summed E-state index contributed by atoms with van der Waals surface area (Å²) in [5.74, 6) is -0.976. The summed E-state index contributed by atoms with van der Waals surface area (Å²) in [5.41, 5.74) is -0.665. The lowest BCUT2D eigenvalue weighted by atomic mass is 10.2. The molecular formula is C15H29N3O6S. The van der Waals surface area contributed by atoms with Gasteiger partial charge in [-0.2, -0.15) is 4.31 Å². The van der Waals surface area contributed by atoms with E-state index in [1.807, 2.05) is 0 Å². The van der Waals surface area contributed by atoms with Gasteiger partial charge in [0.05, 0.1) is 5.75 Å². The van der Waals surface area contributed by atoms with Crippen molar-refractivity contribution < 1.29 is 27.9 Å². The van der Waals surface area contributed by atoms with Crippen molar-refractivity contribution in [2.75, 3.05) is 38.5 Å². The van der Waals surface area contributed by atoms with E-state index in [0.717, 1.165) is 0 Å². The van der Waals surface area contributed by atoms with Crippen LogP contribution in [0.5, 0.6) is 0 Å². The largest absolute Gasteiger partial charge is 0.480 e. The summed E-state index contributed by atoms with van der Waals surface area (Å²) in [7, 11) is -3.28. The minimum absolute atomic E-state index is 0.0928. The van der Waals surface area contributed by atoms with Crippen molar-refractivity contribution in [3.05, 3.63) is 0 Å². The molecule has 0 aliphatic carbocycles. The van der Waals surface area contributed by atoms with Crippen LogP contribution < -0.4 is 5.32 Å². The number of sulfonamides is 1. The van der Waals surface area contributed by atoms with E-state index < -0.39 is 33.7 Å². The summed E-state index contributed by atoms with van der Waals surface area (Å²) in [6.45, 7) is 7.96. The standard InChI is InChI=1S/C15H29N3O6S/c1-5-10-25(22,23)18-8-6-17(7-9-18)12(13(19)20)11-16-14(21)24-15(2,3)4/h12H,5-11H2,1-4H3,(H,16,21)(H,19,20)/t12-/m0/s1. The lowest BCUT2D eigenvalue weighted by molar-refractivity contribution is -0.143. The van der Waals surface area contributed by atoms with Gasteiger partial charge in [-0.15, -0.1) is 0 Å². The molecule has 9 nitrogen and oxygen atoms in total. The molecule has 25 heavy (non-hydrogen) atoms. The minimum Gasteiger partial charge on any atom is -0.480 e. The summed E-state index contributed by atoms with van der Waals surface area (Å²) in [5, 5.41) is 11.9. The normalized spacial score (nSPS) is 18.6. The quantitative estimate of drug-likeness (QED) is 0.654. The van der Waals surface area contributed by atoms with Gasteiger partial charge in [0.15, 0.2) is 0 Å². The zero-order valence-corrected chi connectivity index (χ0v) is 16.1. The molecule has 0 aromatic rings. The SMILES string of the molecule is CCCS(=O)(=O)N1CCN([C@@H](CNC(=O)OC(C)(C)C)C(=O)O)CC1. The average Bonchev–Trinajstić information content (AvgIpc) is 2.45.